The number of fused-ring (bicyclic) bond motifs is 1. The Kier molecular flexibility index (Phi) is 4.14. The van der Waals surface area contributed by atoms with Crippen LogP contribution >= 0.6 is 0 Å². The molecule has 0 aromatic heterocycles. The van der Waals surface area contributed by atoms with Gasteiger partial charge in [-0.15, -0.1) is 0 Å². The van der Waals surface area contributed by atoms with Crippen LogP contribution < -0.4 is 14.8 Å². The van der Waals surface area contributed by atoms with Crippen LogP contribution in [-0.2, 0) is 11.2 Å². The third-order valence-electron chi connectivity index (χ3n) is 3.15. The highest BCUT2D eigenvalue weighted by Crippen LogP contribution is 2.30. The quantitative estimate of drug-likeness (QED) is 0.906. The maximum Gasteiger partial charge on any atom is 0.239 e. The highest BCUT2D eigenvalue weighted by molar-refractivity contribution is 5.84. The summed E-state index contributed by atoms with van der Waals surface area (Å²) >= 11 is 0. The van der Waals surface area contributed by atoms with Gasteiger partial charge in [-0.2, -0.15) is 5.26 Å². The molecule has 1 N–H and O–H groups in total. The van der Waals surface area contributed by atoms with Gasteiger partial charge in [-0.05, 0) is 38.0 Å². The van der Waals surface area contributed by atoms with Gasteiger partial charge in [0.15, 0.2) is 11.5 Å². The Labute approximate surface area is 118 Å². The average Bonchev–Trinajstić information content (AvgIpc) is 2.47. The van der Waals surface area contributed by atoms with Crippen molar-refractivity contribution in [3.8, 4) is 17.6 Å². The highest BCUT2D eigenvalue weighted by Gasteiger charge is 2.26. The summed E-state index contributed by atoms with van der Waals surface area (Å²) in [6, 6.07) is 7.74. The molecule has 1 aromatic carbocycles. The number of amides is 1. The van der Waals surface area contributed by atoms with Gasteiger partial charge in [0.1, 0.15) is 18.6 Å². The number of hydrogen-bond donors (Lipinski definition) is 1. The van der Waals surface area contributed by atoms with Gasteiger partial charge in [0.05, 0.1) is 6.07 Å². The van der Waals surface area contributed by atoms with Gasteiger partial charge in [-0.3, -0.25) is 4.79 Å². The van der Waals surface area contributed by atoms with E-state index < -0.39 is 5.41 Å². The van der Waals surface area contributed by atoms with Crippen LogP contribution in [0.3, 0.4) is 0 Å². The largest absolute Gasteiger partial charge is 0.486 e. The van der Waals surface area contributed by atoms with Gasteiger partial charge in [0.2, 0.25) is 5.91 Å². The molecule has 0 radical (unpaired) electrons. The Balaban J connectivity index is 1.89. The van der Waals surface area contributed by atoms with Crippen molar-refractivity contribution in [2.45, 2.75) is 20.3 Å². The van der Waals surface area contributed by atoms with E-state index in [-0.39, 0.29) is 5.91 Å². The van der Waals surface area contributed by atoms with Crippen molar-refractivity contribution in [3.05, 3.63) is 23.8 Å². The Morgan fingerprint density at radius 2 is 2.05 bits per heavy atom. The van der Waals surface area contributed by atoms with Gasteiger partial charge in [-0.1, -0.05) is 6.07 Å². The van der Waals surface area contributed by atoms with Gasteiger partial charge in [0.25, 0.3) is 0 Å². The minimum absolute atomic E-state index is 0.252. The number of carbonyl (C=O) groups excluding carboxylic acids is 1. The molecule has 20 heavy (non-hydrogen) atoms. The average molecular weight is 274 g/mol. The second-order valence-electron chi connectivity index (χ2n) is 5.22. The number of nitriles is 1. The third-order valence-corrected chi connectivity index (χ3v) is 3.15. The minimum atomic E-state index is -0.993. The first-order chi connectivity index (χ1) is 9.53. The normalized spacial score (nSPS) is 13.4. The molecule has 0 atom stereocenters. The summed E-state index contributed by atoms with van der Waals surface area (Å²) in [5, 5.41) is 11.6. The highest BCUT2D eigenvalue weighted by atomic mass is 16.6. The van der Waals surface area contributed by atoms with Crippen molar-refractivity contribution >= 4 is 5.91 Å². The maximum absolute atomic E-state index is 11.7. The molecule has 0 aliphatic carbocycles. The molecule has 2 rings (SSSR count). The molecule has 5 heteroatoms. The molecule has 1 heterocycles. The van der Waals surface area contributed by atoms with E-state index in [9.17, 15) is 4.79 Å². The fourth-order valence-corrected chi connectivity index (χ4v) is 1.84. The van der Waals surface area contributed by atoms with E-state index in [1.807, 2.05) is 24.3 Å². The summed E-state index contributed by atoms with van der Waals surface area (Å²) < 4.78 is 11.0. The molecule has 1 aromatic rings. The maximum atomic E-state index is 11.7. The summed E-state index contributed by atoms with van der Waals surface area (Å²) in [6.07, 6.45) is 0.684. The molecule has 1 aliphatic rings. The van der Waals surface area contributed by atoms with Gasteiger partial charge >= 0.3 is 0 Å². The first-order valence-electron chi connectivity index (χ1n) is 6.61. The zero-order chi connectivity index (χ0) is 14.6. The molecule has 106 valence electrons. The predicted molar refractivity (Wildman–Crippen MR) is 73.5 cm³/mol. The van der Waals surface area contributed by atoms with Crippen LogP contribution in [0.25, 0.3) is 0 Å². The molecule has 0 saturated carbocycles. The van der Waals surface area contributed by atoms with E-state index in [2.05, 4.69) is 5.32 Å². The topological polar surface area (TPSA) is 71.4 Å². The van der Waals surface area contributed by atoms with Crippen LogP contribution in [0.1, 0.15) is 19.4 Å². The summed E-state index contributed by atoms with van der Waals surface area (Å²) in [6.45, 7) is 4.83. The molecule has 1 amide bonds. The minimum Gasteiger partial charge on any atom is -0.486 e. The molecule has 0 saturated heterocycles. The summed E-state index contributed by atoms with van der Waals surface area (Å²) in [5.41, 5.74) is 0.0663. The third kappa shape index (κ3) is 3.21. The van der Waals surface area contributed by atoms with Crippen molar-refractivity contribution in [1.29, 1.82) is 5.26 Å². The Bertz CT molecular complexity index is 547. The number of nitrogens with zero attached hydrogens (tertiary/aromatic N) is 1. The molecule has 0 fully saturated rings. The van der Waals surface area contributed by atoms with Gasteiger partial charge in [0, 0.05) is 6.54 Å². The number of benzene rings is 1. The van der Waals surface area contributed by atoms with Crippen LogP contribution in [0, 0.1) is 16.7 Å². The molecule has 0 spiro atoms. The second kappa shape index (κ2) is 5.83. The molecular weight excluding hydrogens is 256 g/mol. The smallest absolute Gasteiger partial charge is 0.239 e. The number of carbonyl (C=O) groups is 1. The van der Waals surface area contributed by atoms with E-state index in [0.717, 1.165) is 17.1 Å². The van der Waals surface area contributed by atoms with Crippen LogP contribution in [0.2, 0.25) is 0 Å². The predicted octanol–water partition coefficient (Wildman–Crippen LogP) is 1.67. The SMILES string of the molecule is CC(C)(C#N)C(=O)NCCc1ccc2c(c1)OCCO2. The van der Waals surface area contributed by atoms with E-state index in [0.29, 0.717) is 26.2 Å². The second-order valence-corrected chi connectivity index (χ2v) is 5.22. The Morgan fingerprint density at radius 1 is 1.35 bits per heavy atom. The fraction of sp³-hybridized carbons (Fsp3) is 0.467. The van der Waals surface area contributed by atoms with Gasteiger partial charge in [-0.25, -0.2) is 0 Å². The van der Waals surface area contributed by atoms with Crippen LogP contribution in [-0.4, -0.2) is 25.7 Å². The number of ether oxygens (including phenoxy) is 2. The van der Waals surface area contributed by atoms with E-state index >= 15 is 0 Å². The summed E-state index contributed by atoms with van der Waals surface area (Å²) in [4.78, 5) is 11.7. The van der Waals surface area contributed by atoms with Crippen molar-refractivity contribution in [2.24, 2.45) is 5.41 Å². The lowest BCUT2D eigenvalue weighted by atomic mass is 9.95. The van der Waals surface area contributed by atoms with Crippen LogP contribution in [0.5, 0.6) is 11.5 Å². The zero-order valence-corrected chi connectivity index (χ0v) is 11.7. The standard InChI is InChI=1S/C15H18N2O3/c1-15(2,10-16)14(18)17-6-5-11-3-4-12-13(9-11)20-8-7-19-12/h3-4,9H,5-8H2,1-2H3,(H,17,18). The number of nitrogens with one attached hydrogen (secondary N) is 1. The Hall–Kier alpha value is -2.22. The molecule has 5 nitrogen and oxygen atoms in total. The monoisotopic (exact) mass is 274 g/mol. The zero-order valence-electron chi connectivity index (χ0n) is 11.7. The molecule has 1 aliphatic heterocycles. The van der Waals surface area contributed by atoms with Crippen molar-refractivity contribution < 1.29 is 14.3 Å². The van der Waals surface area contributed by atoms with Gasteiger partial charge < -0.3 is 14.8 Å². The first kappa shape index (κ1) is 14.2. The van der Waals surface area contributed by atoms with Crippen LogP contribution in [0.4, 0.5) is 0 Å². The lowest BCUT2D eigenvalue weighted by molar-refractivity contribution is -0.126. The van der Waals surface area contributed by atoms with E-state index in [1.165, 1.54) is 0 Å². The summed E-state index contributed by atoms with van der Waals surface area (Å²) in [5.74, 6) is 1.25. The molecule has 0 unspecified atom stereocenters. The fourth-order valence-electron chi connectivity index (χ4n) is 1.84. The molecular formula is C15H18N2O3. The van der Waals surface area contributed by atoms with E-state index in [4.69, 9.17) is 14.7 Å². The van der Waals surface area contributed by atoms with Crippen molar-refractivity contribution in [1.82, 2.24) is 5.32 Å². The Morgan fingerprint density at radius 3 is 2.75 bits per heavy atom. The lowest BCUT2D eigenvalue weighted by Crippen LogP contribution is -2.36. The number of hydrogen-bond acceptors (Lipinski definition) is 4. The van der Waals surface area contributed by atoms with Crippen molar-refractivity contribution in [3.63, 3.8) is 0 Å². The summed E-state index contributed by atoms with van der Waals surface area (Å²) in [7, 11) is 0. The lowest BCUT2D eigenvalue weighted by Gasteiger charge is -2.19. The first-order valence-corrected chi connectivity index (χ1v) is 6.61. The molecule has 0 bridgehead atoms. The van der Waals surface area contributed by atoms with E-state index in [1.54, 1.807) is 13.8 Å². The van der Waals surface area contributed by atoms with Crippen molar-refractivity contribution in [2.75, 3.05) is 19.8 Å². The number of rotatable bonds is 4. The van der Waals surface area contributed by atoms with Crippen LogP contribution in [0.15, 0.2) is 18.2 Å².